The Balaban J connectivity index is 1.56. The first-order valence-electron chi connectivity index (χ1n) is 7.36. The van der Waals surface area contributed by atoms with E-state index in [9.17, 15) is 9.59 Å². The summed E-state index contributed by atoms with van der Waals surface area (Å²) in [6, 6.07) is 6.98. The molecule has 0 unspecified atom stereocenters. The van der Waals surface area contributed by atoms with Crippen LogP contribution in [0.3, 0.4) is 0 Å². The maximum absolute atomic E-state index is 12.3. The number of aromatic nitrogens is 7. The van der Waals surface area contributed by atoms with Crippen molar-refractivity contribution in [2.75, 3.05) is 5.32 Å². The molecule has 0 atom stereocenters. The van der Waals surface area contributed by atoms with Crippen molar-refractivity contribution < 1.29 is 4.79 Å². The summed E-state index contributed by atoms with van der Waals surface area (Å²) in [5.74, 6) is -0.406. The van der Waals surface area contributed by atoms with Gasteiger partial charge in [-0.05, 0) is 18.2 Å². The summed E-state index contributed by atoms with van der Waals surface area (Å²) in [6.07, 6.45) is 6.00. The number of carbonyl (C=O) groups is 1. The Morgan fingerprint density at radius 2 is 2.12 bits per heavy atom. The van der Waals surface area contributed by atoms with Crippen molar-refractivity contribution in [1.82, 2.24) is 34.6 Å². The fourth-order valence-corrected chi connectivity index (χ4v) is 2.40. The van der Waals surface area contributed by atoms with Crippen molar-refractivity contribution in [3.05, 3.63) is 59.5 Å². The normalized spacial score (nSPS) is 10.9. The molecule has 0 fully saturated rings. The average Bonchev–Trinajstić information content (AvgIpc) is 3.28. The summed E-state index contributed by atoms with van der Waals surface area (Å²) >= 11 is 0. The lowest BCUT2D eigenvalue weighted by Gasteiger charge is -2.07. The van der Waals surface area contributed by atoms with Crippen LogP contribution >= 0.6 is 0 Å². The SMILES string of the molecule is O=C(Cn1ncn2nccc2c1=O)Nc1cn[nH]c1-c1ccccn1. The molecule has 4 aromatic heterocycles. The van der Waals surface area contributed by atoms with Crippen LogP contribution in [0.1, 0.15) is 0 Å². The molecule has 0 bridgehead atoms. The Hall–Kier alpha value is -3.82. The minimum atomic E-state index is -0.406. The van der Waals surface area contributed by atoms with Gasteiger partial charge in [0.15, 0.2) is 0 Å². The number of nitrogens with one attached hydrogen (secondary N) is 2. The van der Waals surface area contributed by atoms with Gasteiger partial charge in [0.25, 0.3) is 5.56 Å². The summed E-state index contributed by atoms with van der Waals surface area (Å²) in [7, 11) is 0. The van der Waals surface area contributed by atoms with E-state index in [0.717, 1.165) is 4.68 Å². The Morgan fingerprint density at radius 1 is 1.20 bits per heavy atom. The maximum atomic E-state index is 12.3. The van der Waals surface area contributed by atoms with Gasteiger partial charge in [0.05, 0.1) is 23.8 Å². The molecule has 1 amide bonds. The summed E-state index contributed by atoms with van der Waals surface area (Å²) in [4.78, 5) is 28.8. The van der Waals surface area contributed by atoms with Gasteiger partial charge in [-0.3, -0.25) is 19.7 Å². The van der Waals surface area contributed by atoms with E-state index in [2.05, 4.69) is 30.7 Å². The van der Waals surface area contributed by atoms with Crippen LogP contribution in [0.2, 0.25) is 0 Å². The number of anilines is 1. The maximum Gasteiger partial charge on any atom is 0.293 e. The molecular weight excluding hydrogens is 324 g/mol. The molecule has 10 heteroatoms. The smallest absolute Gasteiger partial charge is 0.293 e. The van der Waals surface area contributed by atoms with Crippen molar-refractivity contribution in [3.63, 3.8) is 0 Å². The third-order valence-corrected chi connectivity index (χ3v) is 3.55. The molecule has 0 saturated carbocycles. The van der Waals surface area contributed by atoms with E-state index in [0.29, 0.717) is 22.6 Å². The Labute approximate surface area is 140 Å². The van der Waals surface area contributed by atoms with Crippen molar-refractivity contribution in [2.45, 2.75) is 6.54 Å². The average molecular weight is 336 g/mol. The quantitative estimate of drug-likeness (QED) is 0.553. The van der Waals surface area contributed by atoms with Crippen molar-refractivity contribution >= 4 is 17.1 Å². The van der Waals surface area contributed by atoms with Gasteiger partial charge >= 0.3 is 0 Å². The second-order valence-corrected chi connectivity index (χ2v) is 5.18. The highest BCUT2D eigenvalue weighted by atomic mass is 16.2. The molecule has 0 aromatic carbocycles. The van der Waals surface area contributed by atoms with Crippen LogP contribution in [0, 0.1) is 0 Å². The molecule has 25 heavy (non-hydrogen) atoms. The third kappa shape index (κ3) is 2.76. The van der Waals surface area contributed by atoms with Gasteiger partial charge in [-0.25, -0.2) is 9.20 Å². The van der Waals surface area contributed by atoms with Gasteiger partial charge in [-0.15, -0.1) is 0 Å². The molecule has 4 aromatic rings. The fraction of sp³-hybridized carbons (Fsp3) is 0.0667. The molecule has 4 heterocycles. The second-order valence-electron chi connectivity index (χ2n) is 5.18. The number of hydrogen-bond donors (Lipinski definition) is 2. The lowest BCUT2D eigenvalue weighted by Crippen LogP contribution is -2.30. The minimum Gasteiger partial charge on any atom is -0.321 e. The lowest BCUT2D eigenvalue weighted by molar-refractivity contribution is -0.117. The number of nitrogens with zero attached hydrogens (tertiary/aromatic N) is 6. The van der Waals surface area contributed by atoms with E-state index in [1.165, 1.54) is 23.2 Å². The minimum absolute atomic E-state index is 0.229. The zero-order valence-corrected chi connectivity index (χ0v) is 12.8. The number of pyridine rings is 1. The van der Waals surface area contributed by atoms with Crippen molar-refractivity contribution in [2.24, 2.45) is 0 Å². The molecule has 0 saturated heterocycles. The van der Waals surface area contributed by atoms with E-state index < -0.39 is 11.5 Å². The van der Waals surface area contributed by atoms with Crippen LogP contribution in [0.15, 0.2) is 54.0 Å². The van der Waals surface area contributed by atoms with Gasteiger partial charge in [-0.1, -0.05) is 6.07 Å². The van der Waals surface area contributed by atoms with E-state index >= 15 is 0 Å². The summed E-state index contributed by atoms with van der Waals surface area (Å²) < 4.78 is 2.43. The van der Waals surface area contributed by atoms with Gasteiger partial charge in [-0.2, -0.15) is 15.3 Å². The van der Waals surface area contributed by atoms with Crippen LogP contribution in [0.4, 0.5) is 5.69 Å². The van der Waals surface area contributed by atoms with Gasteiger partial charge in [0.2, 0.25) is 5.91 Å². The largest absolute Gasteiger partial charge is 0.321 e. The standard InChI is InChI=1S/C15H12N8O2/c24-13(8-22-15(25)12-4-6-18-23(12)9-19-22)20-11-7-17-21-14(11)10-3-1-2-5-16-10/h1-7,9H,8H2,(H,17,21)(H,20,24). The first-order chi connectivity index (χ1) is 12.2. The van der Waals surface area contributed by atoms with Crippen molar-refractivity contribution in [1.29, 1.82) is 0 Å². The van der Waals surface area contributed by atoms with Crippen LogP contribution in [-0.2, 0) is 11.3 Å². The summed E-state index contributed by atoms with van der Waals surface area (Å²) in [5.41, 5.74) is 1.65. The van der Waals surface area contributed by atoms with E-state index in [1.807, 2.05) is 6.07 Å². The van der Waals surface area contributed by atoms with Crippen LogP contribution < -0.4 is 10.9 Å². The van der Waals surface area contributed by atoms with Crippen molar-refractivity contribution in [3.8, 4) is 11.4 Å². The molecule has 4 rings (SSSR count). The van der Waals surface area contributed by atoms with Crippen LogP contribution in [-0.4, -0.2) is 40.5 Å². The summed E-state index contributed by atoms with van der Waals surface area (Å²) in [6.45, 7) is -0.229. The van der Waals surface area contributed by atoms with Gasteiger partial charge < -0.3 is 5.32 Å². The predicted molar refractivity (Wildman–Crippen MR) is 87.7 cm³/mol. The van der Waals surface area contributed by atoms with E-state index in [4.69, 9.17) is 0 Å². The second kappa shape index (κ2) is 6.00. The topological polar surface area (TPSA) is 123 Å². The molecule has 0 aliphatic heterocycles. The number of hydrogen-bond acceptors (Lipinski definition) is 6. The predicted octanol–water partition coefficient (Wildman–Crippen LogP) is 0.315. The molecule has 0 spiro atoms. The van der Waals surface area contributed by atoms with Gasteiger partial charge in [0.1, 0.15) is 24.1 Å². The number of aromatic amines is 1. The molecule has 10 nitrogen and oxygen atoms in total. The zero-order chi connectivity index (χ0) is 17.2. The molecule has 124 valence electrons. The third-order valence-electron chi connectivity index (χ3n) is 3.55. The monoisotopic (exact) mass is 336 g/mol. The lowest BCUT2D eigenvalue weighted by atomic mass is 10.2. The Bertz CT molecular complexity index is 1100. The number of amides is 1. The Kier molecular flexibility index (Phi) is 3.54. The molecule has 2 N–H and O–H groups in total. The number of carbonyl (C=O) groups excluding carboxylic acids is 1. The van der Waals surface area contributed by atoms with E-state index in [-0.39, 0.29) is 6.54 Å². The number of fused-ring (bicyclic) bond motifs is 1. The Morgan fingerprint density at radius 3 is 2.96 bits per heavy atom. The fourth-order valence-electron chi connectivity index (χ4n) is 2.40. The van der Waals surface area contributed by atoms with Crippen LogP contribution in [0.25, 0.3) is 16.9 Å². The van der Waals surface area contributed by atoms with Gasteiger partial charge in [0, 0.05) is 6.20 Å². The molecule has 0 radical (unpaired) electrons. The zero-order valence-electron chi connectivity index (χ0n) is 12.8. The number of H-pyrrole nitrogens is 1. The van der Waals surface area contributed by atoms with Crippen LogP contribution in [0.5, 0.6) is 0 Å². The summed E-state index contributed by atoms with van der Waals surface area (Å²) in [5, 5.41) is 17.3. The molecular formula is C15H12N8O2. The first-order valence-corrected chi connectivity index (χ1v) is 7.36. The highest BCUT2D eigenvalue weighted by Gasteiger charge is 2.14. The first kappa shape index (κ1) is 14.8. The molecule has 0 aliphatic carbocycles. The molecule has 0 aliphatic rings. The number of rotatable bonds is 4. The highest BCUT2D eigenvalue weighted by Crippen LogP contribution is 2.22. The van der Waals surface area contributed by atoms with E-state index in [1.54, 1.807) is 24.4 Å². The highest BCUT2D eigenvalue weighted by molar-refractivity contribution is 5.93.